The van der Waals surface area contributed by atoms with E-state index in [-0.39, 0.29) is 5.91 Å². The maximum atomic E-state index is 13.4. The van der Waals surface area contributed by atoms with E-state index >= 15 is 0 Å². The van der Waals surface area contributed by atoms with Crippen LogP contribution in [0.5, 0.6) is 11.5 Å². The fraction of sp³-hybridized carbons (Fsp3) is 0.333. The van der Waals surface area contributed by atoms with Crippen LogP contribution in [0.25, 0.3) is 10.2 Å². The standard InChI is InChI=1S/C21H25N3O3S/c1-23(2)12-7-13-24(21-22-17-8-5-6-9-19(17)28-21)20(25)16-11-10-15(26-3)14-18(16)27-4/h5-6,8-11,14H,7,12-13H2,1-4H3. The molecule has 0 fully saturated rings. The average Bonchev–Trinajstić information content (AvgIpc) is 3.13. The third-order valence-corrected chi connectivity index (χ3v) is 5.44. The van der Waals surface area contributed by atoms with Gasteiger partial charge in [0.1, 0.15) is 11.5 Å². The van der Waals surface area contributed by atoms with Gasteiger partial charge in [-0.05, 0) is 51.3 Å². The normalized spacial score (nSPS) is 11.0. The van der Waals surface area contributed by atoms with Crippen molar-refractivity contribution in [3.8, 4) is 11.5 Å². The van der Waals surface area contributed by atoms with Gasteiger partial charge in [0.2, 0.25) is 0 Å². The number of anilines is 1. The molecule has 0 aliphatic rings. The first-order valence-electron chi connectivity index (χ1n) is 9.07. The van der Waals surface area contributed by atoms with Crippen molar-refractivity contribution in [3.63, 3.8) is 0 Å². The van der Waals surface area contributed by atoms with Gasteiger partial charge < -0.3 is 14.4 Å². The number of methoxy groups -OCH3 is 2. The highest BCUT2D eigenvalue weighted by atomic mass is 32.1. The number of amides is 1. The molecule has 0 saturated carbocycles. The van der Waals surface area contributed by atoms with Crippen molar-refractivity contribution in [3.05, 3.63) is 48.0 Å². The highest BCUT2D eigenvalue weighted by Gasteiger charge is 2.24. The summed E-state index contributed by atoms with van der Waals surface area (Å²) < 4.78 is 11.8. The first-order chi connectivity index (χ1) is 13.5. The number of nitrogens with zero attached hydrogens (tertiary/aromatic N) is 3. The number of rotatable bonds is 8. The summed E-state index contributed by atoms with van der Waals surface area (Å²) in [6.45, 7) is 1.46. The van der Waals surface area contributed by atoms with Crippen molar-refractivity contribution in [2.24, 2.45) is 0 Å². The molecule has 1 amide bonds. The molecule has 7 heteroatoms. The molecular weight excluding hydrogens is 374 g/mol. The third-order valence-electron chi connectivity index (χ3n) is 4.38. The van der Waals surface area contributed by atoms with Gasteiger partial charge in [-0.25, -0.2) is 4.98 Å². The first kappa shape index (κ1) is 20.1. The fourth-order valence-electron chi connectivity index (χ4n) is 2.93. The third kappa shape index (κ3) is 4.43. The van der Waals surface area contributed by atoms with Crippen LogP contribution in [0.15, 0.2) is 42.5 Å². The summed E-state index contributed by atoms with van der Waals surface area (Å²) in [6, 6.07) is 13.2. The minimum Gasteiger partial charge on any atom is -0.497 e. The van der Waals surface area contributed by atoms with E-state index < -0.39 is 0 Å². The number of carbonyl (C=O) groups excluding carboxylic acids is 1. The predicted molar refractivity (Wildman–Crippen MR) is 114 cm³/mol. The van der Waals surface area contributed by atoms with E-state index in [1.807, 2.05) is 38.4 Å². The minimum absolute atomic E-state index is 0.127. The summed E-state index contributed by atoms with van der Waals surface area (Å²) in [5, 5.41) is 0.697. The lowest BCUT2D eigenvalue weighted by molar-refractivity contribution is 0.0983. The van der Waals surface area contributed by atoms with Gasteiger partial charge in [-0.15, -0.1) is 0 Å². The van der Waals surface area contributed by atoms with E-state index in [4.69, 9.17) is 14.5 Å². The van der Waals surface area contributed by atoms with Crippen LogP contribution >= 0.6 is 11.3 Å². The molecule has 0 radical (unpaired) electrons. The number of ether oxygens (including phenoxy) is 2. The lowest BCUT2D eigenvalue weighted by Gasteiger charge is -2.22. The number of thiazole rings is 1. The zero-order valence-corrected chi connectivity index (χ0v) is 17.5. The predicted octanol–water partition coefficient (Wildman–Crippen LogP) is 3.91. The summed E-state index contributed by atoms with van der Waals surface area (Å²) in [4.78, 5) is 22.0. The van der Waals surface area contributed by atoms with E-state index in [0.717, 1.165) is 23.2 Å². The average molecular weight is 400 g/mol. The Hall–Kier alpha value is -2.64. The van der Waals surface area contributed by atoms with Crippen LogP contribution in [-0.2, 0) is 0 Å². The molecule has 28 heavy (non-hydrogen) atoms. The van der Waals surface area contributed by atoms with Gasteiger partial charge in [-0.2, -0.15) is 0 Å². The van der Waals surface area contributed by atoms with Crippen LogP contribution in [-0.4, -0.2) is 57.2 Å². The molecule has 0 N–H and O–H groups in total. The number of hydrogen-bond acceptors (Lipinski definition) is 6. The zero-order valence-electron chi connectivity index (χ0n) is 16.6. The maximum absolute atomic E-state index is 13.4. The van der Waals surface area contributed by atoms with E-state index in [2.05, 4.69) is 4.90 Å². The van der Waals surface area contributed by atoms with Gasteiger partial charge in [0.25, 0.3) is 5.91 Å². The second kappa shape index (κ2) is 9.03. The Balaban J connectivity index is 1.97. The van der Waals surface area contributed by atoms with Crippen LogP contribution in [0.1, 0.15) is 16.8 Å². The molecule has 0 unspecified atom stereocenters. The van der Waals surface area contributed by atoms with Gasteiger partial charge in [-0.3, -0.25) is 9.69 Å². The molecule has 148 valence electrons. The summed E-state index contributed by atoms with van der Waals surface area (Å²) in [5.74, 6) is 1.01. The lowest BCUT2D eigenvalue weighted by atomic mass is 10.1. The summed E-state index contributed by atoms with van der Waals surface area (Å²) in [7, 11) is 7.19. The number of para-hydroxylation sites is 1. The first-order valence-corrected chi connectivity index (χ1v) is 9.89. The summed E-state index contributed by atoms with van der Waals surface area (Å²) >= 11 is 1.52. The molecule has 0 spiro atoms. The Bertz CT molecular complexity index is 922. The van der Waals surface area contributed by atoms with Crippen molar-refractivity contribution in [1.29, 1.82) is 0 Å². The highest BCUT2D eigenvalue weighted by molar-refractivity contribution is 7.22. The van der Waals surface area contributed by atoms with Crippen LogP contribution < -0.4 is 14.4 Å². The Kier molecular flexibility index (Phi) is 6.49. The molecule has 1 heterocycles. The zero-order chi connectivity index (χ0) is 20.1. The molecule has 3 rings (SSSR count). The van der Waals surface area contributed by atoms with Crippen molar-refractivity contribution >= 4 is 32.6 Å². The van der Waals surface area contributed by atoms with Crippen molar-refractivity contribution in [1.82, 2.24) is 9.88 Å². The Labute approximate surface area is 169 Å². The van der Waals surface area contributed by atoms with Crippen molar-refractivity contribution in [2.75, 3.05) is 46.3 Å². The SMILES string of the molecule is COc1ccc(C(=O)N(CCCN(C)C)c2nc3ccccc3s2)c(OC)c1. The minimum atomic E-state index is -0.127. The molecule has 0 bridgehead atoms. The number of aromatic nitrogens is 1. The van der Waals surface area contributed by atoms with Gasteiger partial charge in [-0.1, -0.05) is 23.5 Å². The molecule has 2 aromatic carbocycles. The van der Waals surface area contributed by atoms with Gasteiger partial charge >= 0.3 is 0 Å². The summed E-state index contributed by atoms with van der Waals surface area (Å²) in [5.41, 5.74) is 1.39. The molecule has 0 aliphatic carbocycles. The van der Waals surface area contributed by atoms with Crippen LogP contribution in [0, 0.1) is 0 Å². The fourth-order valence-corrected chi connectivity index (χ4v) is 3.92. The van der Waals surface area contributed by atoms with Crippen LogP contribution in [0.3, 0.4) is 0 Å². The smallest absolute Gasteiger partial charge is 0.263 e. The van der Waals surface area contributed by atoms with Gasteiger partial charge in [0.05, 0.1) is 30.0 Å². The Morgan fingerprint density at radius 1 is 1.07 bits per heavy atom. The van der Waals surface area contributed by atoms with E-state index in [1.165, 1.54) is 11.3 Å². The second-order valence-corrected chi connectivity index (χ2v) is 7.65. The quantitative estimate of drug-likeness (QED) is 0.575. The monoisotopic (exact) mass is 399 g/mol. The van der Waals surface area contributed by atoms with Gasteiger partial charge in [0.15, 0.2) is 5.13 Å². The number of hydrogen-bond donors (Lipinski definition) is 0. The molecule has 6 nitrogen and oxygen atoms in total. The van der Waals surface area contributed by atoms with Crippen LogP contribution in [0.4, 0.5) is 5.13 Å². The van der Waals surface area contributed by atoms with E-state index in [1.54, 1.807) is 37.3 Å². The molecule has 0 saturated heterocycles. The van der Waals surface area contributed by atoms with Gasteiger partial charge in [0, 0.05) is 12.6 Å². The number of carbonyl (C=O) groups is 1. The van der Waals surface area contributed by atoms with Crippen molar-refractivity contribution in [2.45, 2.75) is 6.42 Å². The number of fused-ring (bicyclic) bond motifs is 1. The van der Waals surface area contributed by atoms with Crippen molar-refractivity contribution < 1.29 is 14.3 Å². The molecular formula is C21H25N3O3S. The highest BCUT2D eigenvalue weighted by Crippen LogP contribution is 2.32. The van der Waals surface area contributed by atoms with Crippen LogP contribution in [0.2, 0.25) is 0 Å². The summed E-state index contributed by atoms with van der Waals surface area (Å²) in [6.07, 6.45) is 0.840. The molecule has 0 atom stereocenters. The Morgan fingerprint density at radius 2 is 1.86 bits per heavy atom. The largest absolute Gasteiger partial charge is 0.497 e. The van der Waals surface area contributed by atoms with E-state index in [0.29, 0.717) is 28.7 Å². The number of benzene rings is 2. The van der Waals surface area contributed by atoms with E-state index in [9.17, 15) is 4.79 Å². The second-order valence-electron chi connectivity index (χ2n) is 6.64. The molecule has 0 aliphatic heterocycles. The topological polar surface area (TPSA) is 54.9 Å². The maximum Gasteiger partial charge on any atom is 0.263 e. The molecule has 1 aromatic heterocycles. The molecule has 3 aromatic rings. The lowest BCUT2D eigenvalue weighted by Crippen LogP contribution is -2.33. The Morgan fingerprint density at radius 3 is 2.54 bits per heavy atom.